The van der Waals surface area contributed by atoms with Gasteiger partial charge in [-0.25, -0.2) is 8.42 Å². The molecule has 0 bridgehead atoms. The minimum absolute atomic E-state index is 0.0293. The summed E-state index contributed by atoms with van der Waals surface area (Å²) in [7, 11) is -2.09. The molecule has 0 aliphatic carbocycles. The number of rotatable bonds is 7. The van der Waals surface area contributed by atoms with Crippen LogP contribution in [0.5, 0.6) is 5.75 Å². The van der Waals surface area contributed by atoms with E-state index in [1.54, 1.807) is 36.0 Å². The Morgan fingerprint density at radius 1 is 1.00 bits per heavy atom. The monoisotopic (exact) mass is 563 g/mol. The Balaban J connectivity index is 1.37. The molecule has 188 valence electrons. The molecule has 2 aromatic carbocycles. The second-order valence-electron chi connectivity index (χ2n) is 8.70. The van der Waals surface area contributed by atoms with E-state index < -0.39 is 9.84 Å². The number of piperazine rings is 1. The largest absolute Gasteiger partial charge is 0.497 e. The molecule has 2 aliphatic rings. The number of amides is 2. The lowest BCUT2D eigenvalue weighted by atomic mass is 10.2. The van der Waals surface area contributed by atoms with Crippen molar-refractivity contribution < 1.29 is 22.7 Å². The van der Waals surface area contributed by atoms with Crippen LogP contribution >= 0.6 is 15.9 Å². The van der Waals surface area contributed by atoms with Crippen LogP contribution in [-0.2, 0) is 25.8 Å². The zero-order valence-electron chi connectivity index (χ0n) is 20.0. The number of sulfone groups is 1. The first kappa shape index (κ1) is 25.5. The van der Waals surface area contributed by atoms with Gasteiger partial charge in [0, 0.05) is 61.4 Å². The van der Waals surface area contributed by atoms with Crippen LogP contribution in [0.15, 0.2) is 45.8 Å². The molecule has 0 aromatic heterocycles. The van der Waals surface area contributed by atoms with Crippen LogP contribution in [0.4, 0.5) is 11.4 Å². The number of nitrogens with zero attached hydrogens (tertiary/aromatic N) is 3. The van der Waals surface area contributed by atoms with Crippen molar-refractivity contribution in [3.63, 3.8) is 0 Å². The van der Waals surface area contributed by atoms with E-state index in [1.807, 2.05) is 24.3 Å². The molecule has 10 heteroatoms. The number of carbonyl (C=O) groups is 2. The molecule has 2 aliphatic heterocycles. The van der Waals surface area contributed by atoms with Crippen molar-refractivity contribution in [1.82, 2.24) is 4.90 Å². The van der Waals surface area contributed by atoms with Crippen molar-refractivity contribution in [3.05, 3.63) is 46.4 Å². The van der Waals surface area contributed by atoms with E-state index in [9.17, 15) is 18.0 Å². The molecule has 8 nitrogen and oxygen atoms in total. The second-order valence-corrected chi connectivity index (χ2v) is 11.6. The van der Waals surface area contributed by atoms with E-state index in [0.29, 0.717) is 55.7 Å². The van der Waals surface area contributed by atoms with Crippen LogP contribution in [0.2, 0.25) is 0 Å². The number of hydrogen-bond acceptors (Lipinski definition) is 6. The van der Waals surface area contributed by atoms with Gasteiger partial charge in [0.25, 0.3) is 0 Å². The average molecular weight is 565 g/mol. The Morgan fingerprint density at radius 2 is 1.69 bits per heavy atom. The van der Waals surface area contributed by atoms with Gasteiger partial charge in [0.15, 0.2) is 9.84 Å². The van der Waals surface area contributed by atoms with Gasteiger partial charge in [-0.3, -0.25) is 9.59 Å². The molecule has 0 unspecified atom stereocenters. The van der Waals surface area contributed by atoms with E-state index in [4.69, 9.17) is 4.74 Å². The fourth-order valence-electron chi connectivity index (χ4n) is 4.57. The molecule has 0 radical (unpaired) electrons. The predicted octanol–water partition coefficient (Wildman–Crippen LogP) is 3.27. The summed E-state index contributed by atoms with van der Waals surface area (Å²) in [4.78, 5) is 30.8. The second kappa shape index (κ2) is 10.6. The number of ether oxygens (including phenoxy) is 1. The summed E-state index contributed by atoms with van der Waals surface area (Å²) in [6.07, 6.45) is 0.977. The van der Waals surface area contributed by atoms with Crippen LogP contribution in [0.3, 0.4) is 0 Å². The molecule has 1 fully saturated rings. The molecule has 0 atom stereocenters. The Morgan fingerprint density at radius 3 is 2.31 bits per heavy atom. The van der Waals surface area contributed by atoms with Gasteiger partial charge in [0.1, 0.15) is 5.75 Å². The molecular formula is C25H30BrN3O5S. The van der Waals surface area contributed by atoms with Gasteiger partial charge in [-0.05, 0) is 64.3 Å². The van der Waals surface area contributed by atoms with Gasteiger partial charge >= 0.3 is 0 Å². The van der Waals surface area contributed by atoms with E-state index in [-0.39, 0.29) is 28.9 Å². The van der Waals surface area contributed by atoms with Gasteiger partial charge < -0.3 is 19.4 Å². The van der Waals surface area contributed by atoms with Crippen molar-refractivity contribution in [1.29, 1.82) is 0 Å². The Kier molecular flexibility index (Phi) is 7.70. The molecule has 35 heavy (non-hydrogen) atoms. The lowest BCUT2D eigenvalue weighted by Gasteiger charge is -2.36. The molecule has 0 spiro atoms. The van der Waals surface area contributed by atoms with Crippen molar-refractivity contribution in [3.8, 4) is 5.75 Å². The summed E-state index contributed by atoms with van der Waals surface area (Å²) in [6, 6.07) is 11.2. The summed E-state index contributed by atoms with van der Waals surface area (Å²) < 4.78 is 32.0. The number of hydrogen-bond donors (Lipinski definition) is 0. The predicted molar refractivity (Wildman–Crippen MR) is 139 cm³/mol. The van der Waals surface area contributed by atoms with Crippen LogP contribution in [-0.4, -0.2) is 70.7 Å². The highest BCUT2D eigenvalue weighted by molar-refractivity contribution is 9.10. The first-order chi connectivity index (χ1) is 16.7. The van der Waals surface area contributed by atoms with E-state index in [1.165, 1.54) is 0 Å². The number of fused-ring (bicyclic) bond motifs is 1. The van der Waals surface area contributed by atoms with Crippen LogP contribution in [0.25, 0.3) is 0 Å². The topological polar surface area (TPSA) is 87.2 Å². The maximum atomic E-state index is 13.2. The smallest absolute Gasteiger partial charge is 0.226 e. The third-order valence-electron chi connectivity index (χ3n) is 6.62. The van der Waals surface area contributed by atoms with Gasteiger partial charge in [0.05, 0.1) is 17.8 Å². The fourth-order valence-corrected chi connectivity index (χ4v) is 7.01. The lowest BCUT2D eigenvalue weighted by molar-refractivity contribution is -0.131. The summed E-state index contributed by atoms with van der Waals surface area (Å²) in [6.45, 7) is 4.80. The highest BCUT2D eigenvalue weighted by Gasteiger charge is 2.29. The standard InChI is InChI=1S/C25H30BrN3O5S/c1-3-24(30)29-10-8-18-16-21(26)23(17-22(18)29)35(32,33)15-9-25(31)28-13-11-27(12-14-28)19-4-6-20(34-2)7-5-19/h4-7,16-17H,3,8-15H2,1-2H3. The number of halogens is 1. The minimum atomic E-state index is -3.72. The number of benzene rings is 2. The molecular weight excluding hydrogens is 534 g/mol. The summed E-state index contributed by atoms with van der Waals surface area (Å²) in [5, 5.41) is 0. The normalized spacial score (nSPS) is 15.8. The zero-order chi connectivity index (χ0) is 25.2. The number of carbonyl (C=O) groups excluding carboxylic acids is 2. The third-order valence-corrected chi connectivity index (χ3v) is 9.29. The van der Waals surface area contributed by atoms with Gasteiger partial charge in [-0.1, -0.05) is 6.92 Å². The van der Waals surface area contributed by atoms with Crippen LogP contribution in [0, 0.1) is 0 Å². The van der Waals surface area contributed by atoms with Crippen LogP contribution in [0.1, 0.15) is 25.3 Å². The molecule has 0 N–H and O–H groups in total. The summed E-state index contributed by atoms with van der Waals surface area (Å²) in [5.74, 6) is 0.328. The maximum Gasteiger partial charge on any atom is 0.226 e. The third kappa shape index (κ3) is 5.48. The SMILES string of the molecule is CCC(=O)N1CCc2cc(Br)c(S(=O)(=O)CCC(=O)N3CCN(c4ccc(OC)cc4)CC3)cc21. The molecule has 4 rings (SSSR count). The fraction of sp³-hybridized carbons (Fsp3) is 0.440. The maximum absolute atomic E-state index is 13.2. The van der Waals surface area contributed by atoms with Crippen molar-refractivity contribution >= 4 is 49.0 Å². The van der Waals surface area contributed by atoms with Crippen molar-refractivity contribution in [2.24, 2.45) is 0 Å². The lowest BCUT2D eigenvalue weighted by Crippen LogP contribution is -2.49. The van der Waals surface area contributed by atoms with Crippen molar-refractivity contribution in [2.45, 2.75) is 31.1 Å². The highest BCUT2D eigenvalue weighted by atomic mass is 79.9. The van der Waals surface area contributed by atoms with Gasteiger partial charge in [-0.15, -0.1) is 0 Å². The molecule has 2 heterocycles. The highest BCUT2D eigenvalue weighted by Crippen LogP contribution is 2.36. The first-order valence-corrected chi connectivity index (χ1v) is 14.2. The quantitative estimate of drug-likeness (QED) is 0.513. The van der Waals surface area contributed by atoms with Crippen molar-refractivity contribution in [2.75, 3.05) is 55.4 Å². The van der Waals surface area contributed by atoms with E-state index in [0.717, 1.165) is 17.0 Å². The van der Waals surface area contributed by atoms with Crippen LogP contribution < -0.4 is 14.5 Å². The molecule has 2 aromatic rings. The average Bonchev–Trinajstić information content (AvgIpc) is 3.29. The van der Waals surface area contributed by atoms with Gasteiger partial charge in [-0.2, -0.15) is 0 Å². The summed E-state index contributed by atoms with van der Waals surface area (Å²) >= 11 is 3.39. The Bertz CT molecular complexity index is 1210. The Labute approximate surface area is 214 Å². The Hall–Kier alpha value is -2.59. The molecule has 0 saturated carbocycles. The number of anilines is 2. The van der Waals surface area contributed by atoms with E-state index in [2.05, 4.69) is 20.8 Å². The molecule has 1 saturated heterocycles. The van der Waals surface area contributed by atoms with E-state index >= 15 is 0 Å². The number of methoxy groups -OCH3 is 1. The minimum Gasteiger partial charge on any atom is -0.497 e. The summed E-state index contributed by atoms with van der Waals surface area (Å²) in [5.41, 5.74) is 2.67. The first-order valence-electron chi connectivity index (χ1n) is 11.8. The molecule has 2 amide bonds. The van der Waals surface area contributed by atoms with Gasteiger partial charge in [0.2, 0.25) is 11.8 Å². The zero-order valence-corrected chi connectivity index (χ0v) is 22.4.